The van der Waals surface area contributed by atoms with E-state index in [0.29, 0.717) is 3.58 Å². The van der Waals surface area contributed by atoms with Gasteiger partial charge in [-0.25, -0.2) is 4.79 Å². The second-order valence-electron chi connectivity index (χ2n) is 2.08. The fourth-order valence-electron chi connectivity index (χ4n) is 0.556. The second kappa shape index (κ2) is 5.13. The number of esters is 1. The lowest BCUT2D eigenvalue weighted by Crippen LogP contribution is -2.26. The molecule has 0 radical (unpaired) electrons. The Bertz CT molecular complexity index is 231. The number of carbonyl (C=O) groups excluding carboxylic acids is 2. The summed E-state index contributed by atoms with van der Waals surface area (Å²) in [5.74, 6) is -0.816. The Kier molecular flexibility index (Phi) is 4.87. The number of amides is 1. The molecular weight excluding hydrogens is 273 g/mol. The highest BCUT2D eigenvalue weighted by molar-refractivity contribution is 14.1. The van der Waals surface area contributed by atoms with Gasteiger partial charge in [-0.15, -0.1) is 0 Å². The Balaban J connectivity index is 4.58. The Labute approximate surface area is 84.5 Å². The molecule has 0 aromatic rings. The van der Waals surface area contributed by atoms with Gasteiger partial charge in [-0.2, -0.15) is 0 Å². The van der Waals surface area contributed by atoms with Crippen LogP contribution in [0.5, 0.6) is 0 Å². The molecule has 5 heteroatoms. The van der Waals surface area contributed by atoms with Crippen molar-refractivity contribution in [1.82, 2.24) is 5.32 Å². The number of ether oxygens (including phenoxy) is 1. The maximum atomic E-state index is 11.0. The molecule has 12 heavy (non-hydrogen) atoms. The number of rotatable bonds is 2. The van der Waals surface area contributed by atoms with Gasteiger partial charge in [-0.05, 0) is 29.5 Å². The monoisotopic (exact) mass is 283 g/mol. The Morgan fingerprint density at radius 1 is 1.33 bits per heavy atom. The van der Waals surface area contributed by atoms with E-state index in [1.165, 1.54) is 14.0 Å². The zero-order valence-electron chi connectivity index (χ0n) is 7.10. The van der Waals surface area contributed by atoms with Crippen molar-refractivity contribution >= 4 is 34.5 Å². The fourth-order valence-corrected chi connectivity index (χ4v) is 0.911. The Hall–Kier alpha value is -0.590. The molecule has 0 aromatic carbocycles. The van der Waals surface area contributed by atoms with Crippen molar-refractivity contribution in [2.24, 2.45) is 0 Å². The maximum absolute atomic E-state index is 11.0. The van der Waals surface area contributed by atoms with E-state index >= 15 is 0 Å². The number of halogens is 1. The zero-order valence-corrected chi connectivity index (χ0v) is 9.26. The largest absolute Gasteiger partial charge is 0.464 e. The molecule has 0 aliphatic heterocycles. The summed E-state index contributed by atoms with van der Waals surface area (Å²) in [5, 5.41) is 2.39. The predicted molar refractivity (Wildman–Crippen MR) is 52.6 cm³/mol. The summed E-state index contributed by atoms with van der Waals surface area (Å²) >= 11 is 1.94. The lowest BCUT2D eigenvalue weighted by atomic mass is 10.4. The van der Waals surface area contributed by atoms with Crippen molar-refractivity contribution < 1.29 is 14.3 Å². The highest BCUT2D eigenvalue weighted by atomic mass is 127. The molecule has 0 fully saturated rings. The topological polar surface area (TPSA) is 55.4 Å². The minimum Gasteiger partial charge on any atom is -0.464 e. The van der Waals surface area contributed by atoms with E-state index in [0.717, 1.165) is 0 Å². The summed E-state index contributed by atoms with van der Waals surface area (Å²) in [6.45, 7) is 3.05. The first-order valence-corrected chi connectivity index (χ1v) is 4.29. The highest BCUT2D eigenvalue weighted by Crippen LogP contribution is 2.10. The molecule has 4 nitrogen and oxygen atoms in total. The van der Waals surface area contributed by atoms with E-state index in [9.17, 15) is 9.59 Å². The van der Waals surface area contributed by atoms with Gasteiger partial charge in [0, 0.05) is 10.5 Å². The van der Waals surface area contributed by atoms with E-state index in [2.05, 4.69) is 10.1 Å². The molecule has 0 aliphatic rings. The van der Waals surface area contributed by atoms with Crippen LogP contribution in [0.2, 0.25) is 0 Å². The maximum Gasteiger partial charge on any atom is 0.355 e. The molecule has 0 heterocycles. The lowest BCUT2D eigenvalue weighted by molar-refractivity contribution is -0.137. The molecule has 1 amide bonds. The van der Waals surface area contributed by atoms with E-state index < -0.39 is 5.97 Å². The van der Waals surface area contributed by atoms with E-state index in [1.54, 1.807) is 6.92 Å². The summed E-state index contributed by atoms with van der Waals surface area (Å²) < 4.78 is 5.15. The van der Waals surface area contributed by atoms with Gasteiger partial charge in [0.25, 0.3) is 0 Å². The number of hydrogen-bond donors (Lipinski definition) is 1. The first kappa shape index (κ1) is 11.4. The van der Waals surface area contributed by atoms with Gasteiger partial charge in [0.1, 0.15) is 5.70 Å². The van der Waals surface area contributed by atoms with Crippen LogP contribution in [-0.4, -0.2) is 19.0 Å². The molecule has 0 unspecified atom stereocenters. The van der Waals surface area contributed by atoms with Gasteiger partial charge in [0.2, 0.25) is 5.91 Å². The summed E-state index contributed by atoms with van der Waals surface area (Å²) in [6.07, 6.45) is 0. The SMILES string of the molecule is COC(=O)/C(NC(C)=O)=C(/C)I. The fraction of sp³-hybridized carbons (Fsp3) is 0.429. The molecule has 0 saturated heterocycles. The minimum absolute atomic E-state index is 0.200. The summed E-state index contributed by atoms with van der Waals surface area (Å²) in [6, 6.07) is 0. The molecule has 0 aliphatic carbocycles. The van der Waals surface area contributed by atoms with Crippen LogP contribution in [0.3, 0.4) is 0 Å². The molecule has 0 rings (SSSR count). The molecule has 0 bridgehead atoms. The Morgan fingerprint density at radius 2 is 1.83 bits per heavy atom. The van der Waals surface area contributed by atoms with E-state index in [-0.39, 0.29) is 11.6 Å². The van der Waals surface area contributed by atoms with Crippen molar-refractivity contribution in [2.75, 3.05) is 7.11 Å². The van der Waals surface area contributed by atoms with Crippen molar-refractivity contribution in [3.05, 3.63) is 9.28 Å². The summed E-state index contributed by atoms with van der Waals surface area (Å²) in [4.78, 5) is 21.6. The van der Waals surface area contributed by atoms with Crippen LogP contribution in [0.1, 0.15) is 13.8 Å². The van der Waals surface area contributed by atoms with Crippen LogP contribution in [-0.2, 0) is 14.3 Å². The molecule has 0 saturated carbocycles. The second-order valence-corrected chi connectivity index (χ2v) is 3.70. The quantitative estimate of drug-likeness (QED) is 0.466. The van der Waals surface area contributed by atoms with Gasteiger partial charge in [-0.1, -0.05) is 0 Å². The average molecular weight is 283 g/mol. The zero-order chi connectivity index (χ0) is 9.72. The van der Waals surface area contributed by atoms with Gasteiger partial charge in [0.05, 0.1) is 7.11 Å². The van der Waals surface area contributed by atoms with Crippen LogP contribution in [0, 0.1) is 0 Å². The lowest BCUT2D eigenvalue weighted by Gasteiger charge is -2.06. The Morgan fingerprint density at radius 3 is 2.08 bits per heavy atom. The average Bonchev–Trinajstić information content (AvgIpc) is 1.98. The summed E-state index contributed by atoms with van der Waals surface area (Å²) in [7, 11) is 1.27. The van der Waals surface area contributed by atoms with Gasteiger partial charge in [0.15, 0.2) is 0 Å². The van der Waals surface area contributed by atoms with Crippen molar-refractivity contribution in [1.29, 1.82) is 0 Å². The van der Waals surface area contributed by atoms with Gasteiger partial charge >= 0.3 is 5.97 Å². The first-order chi connectivity index (χ1) is 5.49. The standard InChI is InChI=1S/C7H10INO3/c1-4(8)6(7(11)12-3)9-5(2)10/h1-3H3,(H,9,10)/b6-4+. The molecule has 0 aromatic heterocycles. The molecule has 0 spiro atoms. The molecular formula is C7H10INO3. The van der Waals surface area contributed by atoms with Crippen molar-refractivity contribution in [3.8, 4) is 0 Å². The number of carbonyl (C=O) groups is 2. The third kappa shape index (κ3) is 3.70. The number of nitrogens with one attached hydrogen (secondary N) is 1. The smallest absolute Gasteiger partial charge is 0.355 e. The third-order valence-corrected chi connectivity index (χ3v) is 1.57. The van der Waals surface area contributed by atoms with Crippen molar-refractivity contribution in [2.45, 2.75) is 13.8 Å². The van der Waals surface area contributed by atoms with Crippen LogP contribution >= 0.6 is 22.6 Å². The number of allylic oxidation sites excluding steroid dienone is 1. The number of methoxy groups -OCH3 is 1. The highest BCUT2D eigenvalue weighted by Gasteiger charge is 2.12. The van der Waals surface area contributed by atoms with Crippen molar-refractivity contribution in [3.63, 3.8) is 0 Å². The third-order valence-electron chi connectivity index (χ3n) is 1.04. The number of hydrogen-bond acceptors (Lipinski definition) is 3. The van der Waals surface area contributed by atoms with E-state index in [4.69, 9.17) is 0 Å². The summed E-state index contributed by atoms with van der Waals surface area (Å²) in [5.41, 5.74) is 0.200. The van der Waals surface area contributed by atoms with Crippen LogP contribution in [0.4, 0.5) is 0 Å². The normalized spacial score (nSPS) is 11.7. The molecule has 0 atom stereocenters. The van der Waals surface area contributed by atoms with Crippen LogP contribution in [0.15, 0.2) is 9.28 Å². The predicted octanol–water partition coefficient (Wildman–Crippen LogP) is 0.962. The minimum atomic E-state index is -0.530. The first-order valence-electron chi connectivity index (χ1n) is 3.21. The van der Waals surface area contributed by atoms with Crippen LogP contribution < -0.4 is 5.32 Å². The molecule has 68 valence electrons. The van der Waals surface area contributed by atoms with Gasteiger partial charge < -0.3 is 10.1 Å². The van der Waals surface area contributed by atoms with Gasteiger partial charge in [-0.3, -0.25) is 4.79 Å². The molecule has 1 N–H and O–H groups in total. The van der Waals surface area contributed by atoms with E-state index in [1.807, 2.05) is 22.6 Å². The van der Waals surface area contributed by atoms with Crippen LogP contribution in [0.25, 0.3) is 0 Å².